The molecule has 1 saturated heterocycles. The van der Waals surface area contributed by atoms with Crippen molar-refractivity contribution in [3.63, 3.8) is 0 Å². The fraction of sp³-hybridized carbons (Fsp3) is 0.909. The van der Waals surface area contributed by atoms with Crippen LogP contribution in [-0.4, -0.2) is 61.0 Å². The molecule has 6 nitrogen and oxygen atoms in total. The summed E-state index contributed by atoms with van der Waals surface area (Å²) in [5.41, 5.74) is 0. The lowest BCUT2D eigenvalue weighted by Crippen LogP contribution is -2.21. The first-order valence-corrected chi connectivity index (χ1v) is 7.96. The van der Waals surface area contributed by atoms with Crippen LogP contribution in [0, 0.1) is 5.92 Å². The van der Waals surface area contributed by atoms with E-state index in [-0.39, 0.29) is 5.75 Å². The molecule has 0 saturated carbocycles. The minimum Gasteiger partial charge on any atom is -0.475 e. The van der Waals surface area contributed by atoms with Crippen LogP contribution in [0.5, 0.6) is 0 Å². The SMILES string of the molecule is CN1CCC(CCCCS(=O)(=O)O)C1.O=C(O)C(F)(F)F. The number of carboxylic acid groups (broad SMARTS) is 1. The van der Waals surface area contributed by atoms with Crippen molar-refractivity contribution in [3.05, 3.63) is 0 Å². The normalized spacial score (nSPS) is 20.0. The second kappa shape index (κ2) is 8.54. The van der Waals surface area contributed by atoms with Crippen LogP contribution in [0.25, 0.3) is 0 Å². The van der Waals surface area contributed by atoms with Crippen LogP contribution >= 0.6 is 0 Å². The topological polar surface area (TPSA) is 94.9 Å². The number of unbranched alkanes of at least 4 members (excludes halogenated alkanes) is 1. The van der Waals surface area contributed by atoms with Crippen molar-refractivity contribution in [3.8, 4) is 0 Å². The Morgan fingerprint density at radius 1 is 1.33 bits per heavy atom. The molecule has 1 fully saturated rings. The molecule has 21 heavy (non-hydrogen) atoms. The van der Waals surface area contributed by atoms with Crippen LogP contribution in [0.4, 0.5) is 13.2 Å². The molecule has 0 aliphatic carbocycles. The van der Waals surface area contributed by atoms with E-state index in [1.165, 1.54) is 6.42 Å². The van der Waals surface area contributed by atoms with Gasteiger partial charge in [0.1, 0.15) is 0 Å². The molecule has 0 bridgehead atoms. The maximum absolute atomic E-state index is 10.6. The van der Waals surface area contributed by atoms with E-state index in [9.17, 15) is 21.6 Å². The molecule has 2 N–H and O–H groups in total. The molecule has 10 heteroatoms. The molecule has 1 aliphatic heterocycles. The fourth-order valence-corrected chi connectivity index (χ4v) is 2.55. The third-order valence-electron chi connectivity index (χ3n) is 3.00. The molecule has 1 aliphatic rings. The number of hydrogen-bond acceptors (Lipinski definition) is 4. The first-order chi connectivity index (χ1) is 9.42. The number of hydrogen-bond donors (Lipinski definition) is 2. The predicted octanol–water partition coefficient (Wildman–Crippen LogP) is 1.63. The fourth-order valence-electron chi connectivity index (χ4n) is 1.98. The molecule has 0 amide bonds. The Morgan fingerprint density at radius 2 is 1.86 bits per heavy atom. The smallest absolute Gasteiger partial charge is 0.475 e. The monoisotopic (exact) mass is 335 g/mol. The first-order valence-electron chi connectivity index (χ1n) is 6.35. The molecule has 1 heterocycles. The Hall–Kier alpha value is -0.870. The highest BCUT2D eigenvalue weighted by atomic mass is 32.2. The number of aliphatic carboxylic acids is 1. The van der Waals surface area contributed by atoms with Crippen molar-refractivity contribution in [2.75, 3.05) is 25.9 Å². The minimum atomic E-state index is -5.08. The molecule has 1 unspecified atom stereocenters. The van der Waals surface area contributed by atoms with Gasteiger partial charge in [0.2, 0.25) is 0 Å². The van der Waals surface area contributed by atoms with Gasteiger partial charge in [0.15, 0.2) is 0 Å². The summed E-state index contributed by atoms with van der Waals surface area (Å²) in [5.74, 6) is -2.12. The summed E-state index contributed by atoms with van der Waals surface area (Å²) in [6.45, 7) is 2.29. The standard InChI is InChI=1S/C9H19NO3S.C2HF3O2/c1-10-6-5-9(8-10)4-2-3-7-14(11,12)13;3-2(4,5)1(6)7/h9H,2-8H2,1H3,(H,11,12,13);(H,6,7). The third-order valence-corrected chi connectivity index (χ3v) is 3.80. The van der Waals surface area contributed by atoms with Gasteiger partial charge in [-0.25, -0.2) is 4.79 Å². The van der Waals surface area contributed by atoms with Crippen LogP contribution < -0.4 is 0 Å². The summed E-state index contributed by atoms with van der Waals surface area (Å²) in [5, 5.41) is 7.12. The van der Waals surface area contributed by atoms with Crippen molar-refractivity contribution in [1.29, 1.82) is 0 Å². The number of alkyl halides is 3. The Balaban J connectivity index is 0.000000486. The number of rotatable bonds is 5. The lowest BCUT2D eigenvalue weighted by Gasteiger charge is -2.09. The third kappa shape index (κ3) is 11.5. The van der Waals surface area contributed by atoms with Gasteiger partial charge in [0, 0.05) is 6.54 Å². The van der Waals surface area contributed by atoms with Crippen molar-refractivity contribution < 1.29 is 36.0 Å². The molecule has 1 rings (SSSR count). The van der Waals surface area contributed by atoms with Crippen molar-refractivity contribution in [2.24, 2.45) is 5.92 Å². The van der Waals surface area contributed by atoms with Gasteiger partial charge in [-0.2, -0.15) is 21.6 Å². The summed E-state index contributed by atoms with van der Waals surface area (Å²) in [4.78, 5) is 11.2. The number of halogens is 3. The van der Waals surface area contributed by atoms with Gasteiger partial charge in [-0.3, -0.25) is 4.55 Å². The van der Waals surface area contributed by atoms with Gasteiger partial charge in [0.25, 0.3) is 10.1 Å². The van der Waals surface area contributed by atoms with Gasteiger partial charge in [-0.05, 0) is 38.8 Å². The van der Waals surface area contributed by atoms with Crippen molar-refractivity contribution in [1.82, 2.24) is 4.90 Å². The summed E-state index contributed by atoms with van der Waals surface area (Å²) >= 11 is 0. The lowest BCUT2D eigenvalue weighted by molar-refractivity contribution is -0.192. The van der Waals surface area contributed by atoms with Crippen LogP contribution in [0.3, 0.4) is 0 Å². The van der Waals surface area contributed by atoms with Crippen molar-refractivity contribution >= 4 is 16.1 Å². The summed E-state index contributed by atoms with van der Waals surface area (Å²) < 4.78 is 61.1. The van der Waals surface area contributed by atoms with E-state index in [0.29, 0.717) is 6.42 Å². The zero-order valence-corrected chi connectivity index (χ0v) is 12.5. The highest BCUT2D eigenvalue weighted by molar-refractivity contribution is 7.85. The highest BCUT2D eigenvalue weighted by Gasteiger charge is 2.38. The molecule has 1 atom stereocenters. The van der Waals surface area contributed by atoms with Crippen LogP contribution in [0.15, 0.2) is 0 Å². The molecule has 0 spiro atoms. The van der Waals surface area contributed by atoms with E-state index >= 15 is 0 Å². The second-order valence-electron chi connectivity index (χ2n) is 5.00. The lowest BCUT2D eigenvalue weighted by atomic mass is 10.0. The zero-order valence-electron chi connectivity index (χ0n) is 11.6. The average molecular weight is 335 g/mol. The Kier molecular flexibility index (Phi) is 8.19. The minimum absolute atomic E-state index is 0.0877. The second-order valence-corrected chi connectivity index (χ2v) is 6.57. The van der Waals surface area contributed by atoms with Crippen LogP contribution in [-0.2, 0) is 14.9 Å². The van der Waals surface area contributed by atoms with Gasteiger partial charge >= 0.3 is 12.1 Å². The molecule has 0 aromatic rings. The van der Waals surface area contributed by atoms with E-state index in [2.05, 4.69) is 11.9 Å². The Morgan fingerprint density at radius 3 is 2.19 bits per heavy atom. The number of carboxylic acids is 1. The van der Waals surface area contributed by atoms with E-state index in [1.54, 1.807) is 0 Å². The summed E-state index contributed by atoms with van der Waals surface area (Å²) in [7, 11) is -1.63. The van der Waals surface area contributed by atoms with E-state index < -0.39 is 22.3 Å². The quantitative estimate of drug-likeness (QED) is 0.586. The Labute approximate surface area is 121 Å². The maximum Gasteiger partial charge on any atom is 0.490 e. The molecule has 0 aromatic carbocycles. The molecular weight excluding hydrogens is 315 g/mol. The number of carbonyl (C=O) groups is 1. The predicted molar refractivity (Wildman–Crippen MR) is 69.6 cm³/mol. The summed E-state index contributed by atoms with van der Waals surface area (Å²) in [6.07, 6.45) is -1.29. The first kappa shape index (κ1) is 20.1. The van der Waals surface area contributed by atoms with Gasteiger partial charge in [0.05, 0.1) is 5.75 Å². The average Bonchev–Trinajstić information content (AvgIpc) is 2.69. The number of nitrogens with zero attached hydrogens (tertiary/aromatic N) is 1. The Bertz CT molecular complexity index is 424. The number of likely N-dealkylation sites (tertiary alicyclic amines) is 1. The van der Waals surface area contributed by atoms with Crippen molar-refractivity contribution in [2.45, 2.75) is 31.9 Å². The molecule has 126 valence electrons. The molecule has 0 aromatic heterocycles. The van der Waals surface area contributed by atoms with Gasteiger partial charge in [-0.15, -0.1) is 0 Å². The van der Waals surface area contributed by atoms with Gasteiger partial charge < -0.3 is 10.0 Å². The maximum atomic E-state index is 10.6. The van der Waals surface area contributed by atoms with Gasteiger partial charge in [-0.1, -0.05) is 6.42 Å². The van der Waals surface area contributed by atoms with Crippen LogP contribution in [0.2, 0.25) is 0 Å². The van der Waals surface area contributed by atoms with E-state index in [1.807, 2.05) is 0 Å². The van der Waals surface area contributed by atoms with E-state index in [0.717, 1.165) is 31.8 Å². The van der Waals surface area contributed by atoms with E-state index in [4.69, 9.17) is 14.5 Å². The van der Waals surface area contributed by atoms with Crippen LogP contribution in [0.1, 0.15) is 25.7 Å². The largest absolute Gasteiger partial charge is 0.490 e. The highest BCUT2D eigenvalue weighted by Crippen LogP contribution is 2.20. The molecular formula is C11H20F3NO5S. The summed E-state index contributed by atoms with van der Waals surface area (Å²) in [6, 6.07) is 0. The molecule has 0 radical (unpaired) electrons. The zero-order chi connectivity index (χ0) is 16.7.